The molecule has 2 N–H and O–H groups in total. The lowest BCUT2D eigenvalue weighted by Crippen LogP contribution is -2.10. The van der Waals surface area contributed by atoms with Crippen molar-refractivity contribution in [3.63, 3.8) is 0 Å². The first-order valence-corrected chi connectivity index (χ1v) is 8.39. The molecule has 0 aromatic heterocycles. The molecule has 0 fully saturated rings. The maximum atomic E-state index is 8.60. The summed E-state index contributed by atoms with van der Waals surface area (Å²) in [7, 11) is -1.28. The Bertz CT molecular complexity index is 243. The highest BCUT2D eigenvalue weighted by Gasteiger charge is 2.09. The van der Waals surface area contributed by atoms with E-state index in [9.17, 15) is 0 Å². The first-order valence-electron chi connectivity index (χ1n) is 6.51. The summed E-state index contributed by atoms with van der Waals surface area (Å²) < 4.78 is 1.95. The molecule has 0 aliphatic carbocycles. The van der Waals surface area contributed by atoms with Gasteiger partial charge in [0, 0.05) is 3.48 Å². The molecule has 0 heterocycles. The van der Waals surface area contributed by atoms with E-state index in [2.05, 4.69) is 42.8 Å². The highest BCUT2D eigenvalue weighted by Crippen LogP contribution is 2.12. The summed E-state index contributed by atoms with van der Waals surface area (Å²) in [5, 5.41) is 17.2. The zero-order valence-electron chi connectivity index (χ0n) is 11.6. The minimum atomic E-state index is -1.28. The van der Waals surface area contributed by atoms with Crippen LogP contribution in [-0.4, -0.2) is 17.2 Å². The Morgan fingerprint density at radius 2 is 1.78 bits per heavy atom. The van der Waals surface area contributed by atoms with Gasteiger partial charge in [0.15, 0.2) is 0 Å². The first-order chi connectivity index (χ1) is 8.49. The summed E-state index contributed by atoms with van der Waals surface area (Å²) in [6, 6.07) is 0. The zero-order chi connectivity index (χ0) is 14.4. The molecule has 0 bridgehead atoms. The lowest BCUT2D eigenvalue weighted by molar-refractivity contribution is 0.423. The van der Waals surface area contributed by atoms with Crippen molar-refractivity contribution in [2.45, 2.75) is 59.3 Å². The molecule has 0 aliphatic heterocycles. The van der Waals surface area contributed by atoms with Crippen molar-refractivity contribution in [3.05, 3.63) is 20.1 Å². The number of allylic oxidation sites excluding steroid dienone is 3. The van der Waals surface area contributed by atoms with Crippen LogP contribution in [-0.2, 0) is 0 Å². The first kappa shape index (κ1) is 21.0. The number of halogens is 2. The lowest BCUT2D eigenvalue weighted by Gasteiger charge is -1.94. The third kappa shape index (κ3) is 16.7. The number of rotatable bonds is 7. The van der Waals surface area contributed by atoms with Gasteiger partial charge in [-0.3, -0.25) is 0 Å². The Morgan fingerprint density at radius 3 is 2.17 bits per heavy atom. The molecule has 106 valence electrons. The van der Waals surface area contributed by atoms with Crippen LogP contribution in [0.4, 0.5) is 0 Å². The summed E-state index contributed by atoms with van der Waals surface area (Å²) in [6.07, 6.45) is 10.9. The summed E-state index contributed by atoms with van der Waals surface area (Å²) >= 11 is 5.37. The van der Waals surface area contributed by atoms with Gasteiger partial charge >= 0.3 is 7.12 Å². The molecule has 0 atom stereocenters. The van der Waals surface area contributed by atoms with Crippen molar-refractivity contribution in [2.75, 3.05) is 0 Å². The topological polar surface area (TPSA) is 40.5 Å². The van der Waals surface area contributed by atoms with Crippen molar-refractivity contribution in [3.8, 4) is 0 Å². The lowest BCUT2D eigenvalue weighted by atomic mass is 9.91. The molecule has 0 spiro atoms. The molecule has 0 rings (SSSR count). The molecule has 0 aromatic carbocycles. The molecule has 0 saturated carbocycles. The summed E-state index contributed by atoms with van der Waals surface area (Å²) in [6.45, 7) is 6.37. The fraction of sp³-hybridized carbons (Fsp3) is 0.692. The van der Waals surface area contributed by atoms with Crippen LogP contribution in [0.25, 0.3) is 0 Å². The normalized spacial score (nSPS) is 11.9. The van der Waals surface area contributed by atoms with E-state index in [0.717, 1.165) is 19.3 Å². The highest BCUT2D eigenvalue weighted by atomic mass is 127. The van der Waals surface area contributed by atoms with Crippen LogP contribution in [0.15, 0.2) is 20.1 Å². The van der Waals surface area contributed by atoms with E-state index >= 15 is 0 Å². The predicted molar refractivity (Wildman–Crippen MR) is 94.0 cm³/mol. The Morgan fingerprint density at radius 1 is 1.22 bits per heavy atom. The van der Waals surface area contributed by atoms with E-state index in [0.29, 0.717) is 3.48 Å². The number of hydrogen-bond donors (Lipinski definition) is 2. The minimum Gasteiger partial charge on any atom is -0.423 e. The summed E-state index contributed by atoms with van der Waals surface area (Å²) in [5.41, 5.74) is 0. The maximum Gasteiger partial charge on any atom is 0.494 e. The van der Waals surface area contributed by atoms with Crippen molar-refractivity contribution < 1.29 is 10.0 Å². The van der Waals surface area contributed by atoms with Gasteiger partial charge < -0.3 is 10.0 Å². The zero-order valence-corrected chi connectivity index (χ0v) is 15.4. The molecule has 0 aromatic rings. The van der Waals surface area contributed by atoms with Crippen LogP contribution in [0.3, 0.4) is 0 Å². The highest BCUT2D eigenvalue weighted by molar-refractivity contribution is 14.1. The van der Waals surface area contributed by atoms with Crippen molar-refractivity contribution in [1.29, 1.82) is 0 Å². The van der Waals surface area contributed by atoms with Crippen molar-refractivity contribution in [1.82, 2.24) is 0 Å². The Balaban J connectivity index is 0. The van der Waals surface area contributed by atoms with Crippen LogP contribution in [0.5, 0.6) is 0 Å². The molecular formula is C13H25BBrIO2. The minimum absolute atomic E-state index is 0.617. The van der Waals surface area contributed by atoms with Crippen LogP contribution < -0.4 is 0 Å². The van der Waals surface area contributed by atoms with Gasteiger partial charge in [0.2, 0.25) is 0 Å². The van der Waals surface area contributed by atoms with Gasteiger partial charge in [-0.15, -0.1) is 0 Å². The van der Waals surface area contributed by atoms with Gasteiger partial charge in [0.25, 0.3) is 0 Å². The third-order valence-electron chi connectivity index (χ3n) is 2.23. The maximum absolute atomic E-state index is 8.60. The molecule has 2 nitrogen and oxygen atoms in total. The van der Waals surface area contributed by atoms with Gasteiger partial charge in [0.1, 0.15) is 0 Å². The molecule has 0 radical (unpaired) electrons. The average Bonchev–Trinajstić information content (AvgIpc) is 2.36. The summed E-state index contributed by atoms with van der Waals surface area (Å²) in [5.74, 6) is 0. The van der Waals surface area contributed by atoms with Crippen LogP contribution in [0.2, 0.25) is 0 Å². The van der Waals surface area contributed by atoms with Crippen molar-refractivity contribution in [2.24, 2.45) is 0 Å². The fourth-order valence-electron chi connectivity index (χ4n) is 1.04. The van der Waals surface area contributed by atoms with E-state index in [1.54, 1.807) is 0 Å². The second kappa shape index (κ2) is 15.7. The van der Waals surface area contributed by atoms with E-state index < -0.39 is 7.12 Å². The molecular weight excluding hydrogens is 406 g/mol. The molecule has 0 saturated heterocycles. The molecule has 0 amide bonds. The van der Waals surface area contributed by atoms with E-state index in [4.69, 9.17) is 10.0 Å². The predicted octanol–water partition coefficient (Wildman–Crippen LogP) is 4.98. The summed E-state index contributed by atoms with van der Waals surface area (Å²) in [4.78, 5) is 0. The number of unbranched alkanes of at least 4 members (excludes halogenated alkanes) is 3. The van der Waals surface area contributed by atoms with Crippen LogP contribution in [0.1, 0.15) is 59.3 Å². The third-order valence-corrected chi connectivity index (χ3v) is 4.08. The van der Waals surface area contributed by atoms with Gasteiger partial charge in [-0.25, -0.2) is 0 Å². The fourth-order valence-corrected chi connectivity index (χ4v) is 1.63. The molecule has 18 heavy (non-hydrogen) atoms. The Hall–Kier alpha value is 0.675. The van der Waals surface area contributed by atoms with Crippen molar-refractivity contribution >= 4 is 45.6 Å². The van der Waals surface area contributed by atoms with E-state index in [-0.39, 0.29) is 0 Å². The van der Waals surface area contributed by atoms with Gasteiger partial charge in [-0.2, -0.15) is 0 Å². The largest absolute Gasteiger partial charge is 0.494 e. The molecule has 0 aliphatic rings. The quantitative estimate of drug-likeness (QED) is 0.339. The van der Waals surface area contributed by atoms with Gasteiger partial charge in [-0.05, 0) is 30.7 Å². The average molecular weight is 431 g/mol. The second-order valence-electron chi connectivity index (χ2n) is 3.94. The van der Waals surface area contributed by atoms with E-state index in [1.807, 2.05) is 28.7 Å². The molecule has 5 heteroatoms. The SMILES string of the molecule is C/C=C(\Br)CCCC.CCCC/C=C(\I)B(O)O. The molecule has 0 unspecified atom stereocenters. The smallest absolute Gasteiger partial charge is 0.423 e. The van der Waals surface area contributed by atoms with Crippen LogP contribution >= 0.6 is 38.5 Å². The Labute approximate surface area is 134 Å². The van der Waals surface area contributed by atoms with E-state index in [1.165, 1.54) is 23.7 Å². The second-order valence-corrected chi connectivity index (χ2v) is 6.21. The van der Waals surface area contributed by atoms with Crippen LogP contribution in [0, 0.1) is 0 Å². The number of hydrogen-bond acceptors (Lipinski definition) is 2. The van der Waals surface area contributed by atoms with Gasteiger partial charge in [0.05, 0.1) is 0 Å². The van der Waals surface area contributed by atoms with Gasteiger partial charge in [-0.1, -0.05) is 83.8 Å². The standard InChI is InChI=1S/C7H13Br.C6H12BIO2/c1-3-5-6-7(8)4-2;1-2-3-4-5-6(8)7(9)10/h4H,3,5-6H2,1-2H3;5,9-10H,2-4H2,1H3/b7-4-;6-5-. The monoisotopic (exact) mass is 430 g/mol. The Kier molecular flexibility index (Phi) is 18.3.